The Morgan fingerprint density at radius 1 is 0.969 bits per heavy atom. The molecule has 0 aliphatic heterocycles. The van der Waals surface area contributed by atoms with Crippen molar-refractivity contribution < 1.29 is 49.4 Å². The minimum absolute atomic E-state index is 0.170. The van der Waals surface area contributed by atoms with E-state index in [0.29, 0.717) is 12.1 Å². The first kappa shape index (κ1) is 25.7. The van der Waals surface area contributed by atoms with Crippen molar-refractivity contribution in [2.75, 3.05) is 17.7 Å². The maximum atomic E-state index is 14.3. The summed E-state index contributed by atoms with van der Waals surface area (Å²) in [5.41, 5.74) is -4.62. The van der Waals surface area contributed by atoms with Crippen molar-refractivity contribution in [2.45, 2.75) is 33.4 Å². The van der Waals surface area contributed by atoms with E-state index in [2.05, 4.69) is 0 Å². The lowest BCUT2D eigenvalue weighted by Gasteiger charge is -2.25. The Bertz CT molecular complexity index is 1220. The zero-order valence-electron chi connectivity index (χ0n) is 16.2. The molecule has 0 aliphatic carbocycles. The number of alkyl halides is 3. The first-order valence-corrected chi connectivity index (χ1v) is 11.8. The molecule has 0 saturated carbocycles. The van der Waals surface area contributed by atoms with Crippen LogP contribution in [0.1, 0.15) is 6.92 Å². The Morgan fingerprint density at radius 3 is 1.94 bits per heavy atom. The number of aliphatic hydroxyl groups is 2. The van der Waals surface area contributed by atoms with Gasteiger partial charge in [0.2, 0.25) is 15.4 Å². The Morgan fingerprint density at radius 2 is 1.47 bits per heavy atom. The third kappa shape index (κ3) is 5.09. The third-order valence-corrected chi connectivity index (χ3v) is 7.82. The molecular weight excluding hydrogens is 482 g/mol. The van der Waals surface area contributed by atoms with Gasteiger partial charge >= 0.3 is 6.18 Å². The maximum Gasteiger partial charge on any atom is 0.426 e. The van der Waals surface area contributed by atoms with E-state index in [0.717, 1.165) is 30.3 Å². The van der Waals surface area contributed by atoms with Crippen molar-refractivity contribution >= 4 is 31.3 Å². The molecule has 0 saturated heterocycles. The van der Waals surface area contributed by atoms with Crippen molar-refractivity contribution in [3.05, 3.63) is 48.3 Å². The third-order valence-electron chi connectivity index (χ3n) is 4.35. The van der Waals surface area contributed by atoms with Crippen LogP contribution in [0.15, 0.2) is 57.2 Å². The van der Waals surface area contributed by atoms with Gasteiger partial charge in [-0.2, -0.15) is 13.2 Å². The summed E-state index contributed by atoms with van der Waals surface area (Å²) in [4.78, 5) is 10.4. The van der Waals surface area contributed by atoms with Crippen LogP contribution in [0.3, 0.4) is 0 Å². The number of hydrogen-bond acceptors (Lipinski definition) is 7. The van der Waals surface area contributed by atoms with E-state index < -0.39 is 71.0 Å². The summed E-state index contributed by atoms with van der Waals surface area (Å²) in [6, 6.07) is 5.84. The van der Waals surface area contributed by atoms with Crippen molar-refractivity contribution in [3.8, 4) is 0 Å². The molecule has 0 bridgehead atoms. The van der Waals surface area contributed by atoms with Gasteiger partial charge in [-0.05, 0) is 49.4 Å². The molecule has 3 N–H and O–H groups in total. The Kier molecular flexibility index (Phi) is 7.04. The van der Waals surface area contributed by atoms with Crippen molar-refractivity contribution in [1.82, 2.24) is 0 Å². The lowest BCUT2D eigenvalue weighted by atomic mass is 10.1. The van der Waals surface area contributed by atoms with Gasteiger partial charge in [0.15, 0.2) is 9.84 Å². The van der Waals surface area contributed by atoms with E-state index >= 15 is 0 Å². The first-order chi connectivity index (χ1) is 14.5. The Labute approximate surface area is 180 Å². The summed E-state index contributed by atoms with van der Waals surface area (Å²) in [5, 5.41) is 19.6. The quantitative estimate of drug-likeness (QED) is 0.493. The molecule has 0 fully saturated rings. The van der Waals surface area contributed by atoms with Crippen LogP contribution in [0.4, 0.5) is 23.2 Å². The topological polar surface area (TPSA) is 138 Å². The van der Waals surface area contributed by atoms with Crippen LogP contribution < -0.4 is 5.32 Å². The number of hydrogen-bond donors (Lipinski definition) is 3. The molecule has 2 rings (SSSR count). The number of amides is 1. The van der Waals surface area contributed by atoms with Gasteiger partial charge in [0.25, 0.3) is 5.91 Å². The van der Waals surface area contributed by atoms with Crippen LogP contribution in [0.25, 0.3) is 0 Å². The molecule has 2 aromatic carbocycles. The highest BCUT2D eigenvalue weighted by atomic mass is 32.2. The van der Waals surface area contributed by atoms with Crippen molar-refractivity contribution in [3.63, 3.8) is 0 Å². The lowest BCUT2D eigenvalue weighted by molar-refractivity contribution is -0.242. The molecule has 1 atom stereocenters. The minimum atomic E-state index is -5.34. The van der Waals surface area contributed by atoms with Crippen LogP contribution >= 0.6 is 0 Å². The van der Waals surface area contributed by atoms with Crippen molar-refractivity contribution in [1.29, 1.82) is 0 Å². The second-order valence-electron chi connectivity index (χ2n) is 6.68. The molecule has 0 unspecified atom stereocenters. The monoisotopic (exact) mass is 499 g/mol. The number of carbonyl (C=O) groups is 1. The second kappa shape index (κ2) is 8.77. The van der Waals surface area contributed by atoms with Gasteiger partial charge < -0.3 is 15.5 Å². The molecular formula is C18H17F4NO7S2. The van der Waals surface area contributed by atoms with Gasteiger partial charge in [0.05, 0.1) is 32.7 Å². The summed E-state index contributed by atoms with van der Waals surface area (Å²) in [5.74, 6) is -3.93. The number of rotatable bonds is 7. The van der Waals surface area contributed by atoms with Gasteiger partial charge in [-0.25, -0.2) is 21.2 Å². The zero-order valence-corrected chi connectivity index (χ0v) is 17.9. The second-order valence-corrected chi connectivity index (χ2v) is 10.7. The normalized spacial score (nSPS) is 14.6. The highest BCUT2D eigenvalue weighted by Gasteiger charge is 2.55. The fraction of sp³-hybridized carbons (Fsp3) is 0.278. The SMILES string of the molecule is C[C@@](O)(C(=O)Nc1ccc(S(=O)(=O)c2ccc(S(=O)(=O)CCO)cc2)cc1F)C(F)(F)F. The lowest BCUT2D eigenvalue weighted by Crippen LogP contribution is -2.52. The molecule has 0 radical (unpaired) electrons. The summed E-state index contributed by atoms with van der Waals surface area (Å²) in [6.45, 7) is -0.466. The van der Waals surface area contributed by atoms with Crippen LogP contribution in [0, 0.1) is 5.82 Å². The largest absolute Gasteiger partial charge is 0.426 e. The highest BCUT2D eigenvalue weighted by molar-refractivity contribution is 7.92. The van der Waals surface area contributed by atoms with Gasteiger partial charge in [-0.15, -0.1) is 0 Å². The molecule has 32 heavy (non-hydrogen) atoms. The van der Waals surface area contributed by atoms with Gasteiger partial charge in [-0.1, -0.05) is 0 Å². The molecule has 176 valence electrons. The average Bonchev–Trinajstić information content (AvgIpc) is 2.68. The van der Waals surface area contributed by atoms with Crippen LogP contribution in [0.2, 0.25) is 0 Å². The van der Waals surface area contributed by atoms with Gasteiger partial charge in [0, 0.05) is 0 Å². The summed E-state index contributed by atoms with van der Waals surface area (Å²) < 4.78 is 102. The number of aliphatic hydroxyl groups excluding tert-OH is 1. The fourth-order valence-electron chi connectivity index (χ4n) is 2.34. The molecule has 1 amide bonds. The zero-order chi connectivity index (χ0) is 24.5. The number of anilines is 1. The predicted molar refractivity (Wildman–Crippen MR) is 103 cm³/mol. The van der Waals surface area contributed by atoms with E-state index in [9.17, 15) is 44.3 Å². The van der Waals surface area contributed by atoms with E-state index in [-0.39, 0.29) is 11.8 Å². The predicted octanol–water partition coefficient (Wildman–Crippen LogP) is 1.68. The number of nitrogens with one attached hydrogen (secondary N) is 1. The molecule has 14 heteroatoms. The fourth-order valence-corrected chi connectivity index (χ4v) is 4.64. The van der Waals surface area contributed by atoms with E-state index in [1.165, 1.54) is 0 Å². The number of carbonyl (C=O) groups excluding carboxylic acids is 1. The first-order valence-electron chi connectivity index (χ1n) is 8.63. The maximum absolute atomic E-state index is 14.3. The van der Waals surface area contributed by atoms with Gasteiger partial charge in [-0.3, -0.25) is 4.79 Å². The highest BCUT2D eigenvalue weighted by Crippen LogP contribution is 2.32. The number of benzene rings is 2. The van der Waals surface area contributed by atoms with E-state index in [4.69, 9.17) is 5.11 Å². The molecule has 0 aliphatic rings. The van der Waals surface area contributed by atoms with Crippen LogP contribution in [-0.2, 0) is 24.5 Å². The standard InChI is InChI=1S/C18H17F4NO7S2/c1-17(26,18(20,21)22)16(25)23-15-7-6-13(10-14(15)19)32(29,30)12-4-2-11(3-5-12)31(27,28)9-8-24/h2-7,10,24,26H,8-9H2,1H3,(H,23,25)/t17-/m1/s1. The summed E-state index contributed by atoms with van der Waals surface area (Å²) in [6.07, 6.45) is -5.34. The van der Waals surface area contributed by atoms with E-state index in [1.807, 2.05) is 0 Å². The number of sulfone groups is 2. The Hall–Kier alpha value is -2.55. The molecule has 8 nitrogen and oxygen atoms in total. The Balaban J connectivity index is 2.33. The minimum Gasteiger partial charge on any atom is -0.395 e. The van der Waals surface area contributed by atoms with E-state index in [1.54, 1.807) is 5.32 Å². The molecule has 0 heterocycles. The molecule has 0 spiro atoms. The van der Waals surface area contributed by atoms with Crippen LogP contribution in [-0.4, -0.2) is 57.1 Å². The van der Waals surface area contributed by atoms with Crippen LogP contribution in [0.5, 0.6) is 0 Å². The number of halogens is 4. The summed E-state index contributed by atoms with van der Waals surface area (Å²) >= 11 is 0. The van der Waals surface area contributed by atoms with Gasteiger partial charge in [0.1, 0.15) is 5.82 Å². The smallest absolute Gasteiger partial charge is 0.395 e. The molecule has 2 aromatic rings. The average molecular weight is 499 g/mol. The van der Waals surface area contributed by atoms with Crippen molar-refractivity contribution in [2.24, 2.45) is 0 Å². The molecule has 0 aromatic heterocycles. The summed E-state index contributed by atoms with van der Waals surface area (Å²) in [7, 11) is -8.19.